The molecule has 0 bridgehead atoms. The number of anilines is 1. The number of nitrogens with zero attached hydrogens (tertiary/aromatic N) is 6. The van der Waals surface area contributed by atoms with Crippen LogP contribution in [0.2, 0.25) is 10.0 Å². The molecule has 4 amide bonds. The summed E-state index contributed by atoms with van der Waals surface area (Å²) in [4.78, 5) is 61.4. The van der Waals surface area contributed by atoms with Gasteiger partial charge < -0.3 is 39.4 Å². The number of hydrogen-bond donors (Lipinski definition) is 2. The Morgan fingerprint density at radius 3 is 2.18 bits per heavy atom. The molecule has 6 aromatic rings. The van der Waals surface area contributed by atoms with E-state index in [2.05, 4.69) is 45.6 Å². The van der Waals surface area contributed by atoms with Crippen LogP contribution >= 0.6 is 39.1 Å². The monoisotopic (exact) mass is 1130 g/mol. The Balaban J connectivity index is 0.811. The number of piperazine rings is 1. The number of methoxy groups -OCH3 is 2. The molecule has 1 saturated heterocycles. The van der Waals surface area contributed by atoms with Gasteiger partial charge in [0.15, 0.2) is 11.5 Å². The molecule has 8 rings (SSSR count). The summed E-state index contributed by atoms with van der Waals surface area (Å²) < 4.78 is 24.9. The summed E-state index contributed by atoms with van der Waals surface area (Å²) in [5, 5.41) is 8.51. The summed E-state index contributed by atoms with van der Waals surface area (Å²) in [6.45, 7) is 8.96. The number of ether oxygens (including phenoxy) is 4. The van der Waals surface area contributed by atoms with E-state index >= 15 is 4.79 Å². The molecular weight excluding hydrogens is 1070 g/mol. The lowest BCUT2D eigenvalue weighted by Gasteiger charge is -2.38. The smallest absolute Gasteiger partial charge is 0.326 e. The minimum absolute atomic E-state index is 0.00966. The zero-order valence-electron chi connectivity index (χ0n) is 43.8. The predicted molar refractivity (Wildman–Crippen MR) is 302 cm³/mol. The highest BCUT2D eigenvalue weighted by Gasteiger charge is 2.46. The van der Waals surface area contributed by atoms with E-state index in [1.165, 1.54) is 9.80 Å². The number of carbonyl (C=O) groups excluding carboxylic acids is 3. The van der Waals surface area contributed by atoms with Crippen molar-refractivity contribution < 1.29 is 33.3 Å². The maximum absolute atomic E-state index is 15.1. The highest BCUT2D eigenvalue weighted by molar-refractivity contribution is 9.10. The highest BCUT2D eigenvalue weighted by atomic mass is 79.9. The highest BCUT2D eigenvalue weighted by Crippen LogP contribution is 2.46. The Labute approximate surface area is 463 Å². The summed E-state index contributed by atoms with van der Waals surface area (Å²) in [6, 6.07) is 30.6. The van der Waals surface area contributed by atoms with Gasteiger partial charge in [-0.25, -0.2) is 14.8 Å². The average molecular weight is 1140 g/mol. The van der Waals surface area contributed by atoms with E-state index in [1.54, 1.807) is 55.5 Å². The number of carbonyl (C=O) groups is 3. The molecule has 400 valence electrons. The number of unbranched alkanes of at least 4 members (excludes halogenated alkanes) is 5. The van der Waals surface area contributed by atoms with E-state index in [4.69, 9.17) is 57.1 Å². The van der Waals surface area contributed by atoms with Crippen LogP contribution in [0.3, 0.4) is 0 Å². The maximum Gasteiger partial charge on any atom is 0.326 e. The molecule has 1 fully saturated rings. The molecule has 0 radical (unpaired) electrons. The molecule has 76 heavy (non-hydrogen) atoms. The Bertz CT molecular complexity index is 3040. The minimum Gasteiger partial charge on any atom is -0.497 e. The third-order valence-electron chi connectivity index (χ3n) is 13.4. The van der Waals surface area contributed by atoms with Gasteiger partial charge in [-0.2, -0.15) is 0 Å². The van der Waals surface area contributed by atoms with Gasteiger partial charge in [0.25, 0.3) is 0 Å². The Kier molecular flexibility index (Phi) is 19.0. The first-order chi connectivity index (χ1) is 36.7. The first-order valence-corrected chi connectivity index (χ1v) is 27.3. The van der Waals surface area contributed by atoms with Crippen LogP contribution in [-0.4, -0.2) is 108 Å². The summed E-state index contributed by atoms with van der Waals surface area (Å²) in [7, 11) is 3.21. The Hall–Kier alpha value is -6.62. The van der Waals surface area contributed by atoms with E-state index in [-0.39, 0.29) is 50.1 Å². The molecule has 5 aromatic carbocycles. The zero-order chi connectivity index (χ0) is 53.9. The van der Waals surface area contributed by atoms with Crippen LogP contribution in [0.15, 0.2) is 113 Å². The lowest BCUT2D eigenvalue weighted by molar-refractivity contribution is -0.139. The van der Waals surface area contributed by atoms with Gasteiger partial charge in [0.05, 0.1) is 56.6 Å². The van der Waals surface area contributed by atoms with Crippen molar-refractivity contribution in [3.05, 3.63) is 146 Å². The largest absolute Gasteiger partial charge is 0.497 e. The molecule has 18 heteroatoms. The number of halogens is 3. The van der Waals surface area contributed by atoms with E-state index in [0.29, 0.717) is 63.4 Å². The lowest BCUT2D eigenvalue weighted by Crippen LogP contribution is -2.57. The van der Waals surface area contributed by atoms with Crippen molar-refractivity contribution in [2.24, 2.45) is 4.99 Å². The lowest BCUT2D eigenvalue weighted by atomic mass is 9.93. The number of urea groups is 1. The molecule has 2 aliphatic heterocycles. The van der Waals surface area contributed by atoms with Crippen LogP contribution in [-0.2, 0) is 9.59 Å². The van der Waals surface area contributed by atoms with Gasteiger partial charge in [0.2, 0.25) is 11.8 Å². The fourth-order valence-corrected chi connectivity index (χ4v) is 10.2. The molecule has 1 aromatic heterocycles. The second-order valence-corrected chi connectivity index (χ2v) is 21.0. The van der Waals surface area contributed by atoms with Gasteiger partial charge in [-0.3, -0.25) is 19.5 Å². The first-order valence-electron chi connectivity index (χ1n) is 25.8. The first kappa shape index (κ1) is 55.6. The van der Waals surface area contributed by atoms with Gasteiger partial charge in [0, 0.05) is 51.7 Å². The second kappa shape index (κ2) is 25.9. The maximum atomic E-state index is 15.1. The van der Waals surface area contributed by atoms with Crippen molar-refractivity contribution in [1.29, 1.82) is 0 Å². The van der Waals surface area contributed by atoms with Gasteiger partial charge in [-0.15, -0.1) is 0 Å². The zero-order valence-corrected chi connectivity index (χ0v) is 46.9. The van der Waals surface area contributed by atoms with Crippen LogP contribution in [0.4, 0.5) is 10.6 Å². The van der Waals surface area contributed by atoms with Gasteiger partial charge >= 0.3 is 6.03 Å². The SMILES string of the molecule is COc1ccc(C2=N[C@@H](c3ccc(Cl)cc3)[C@@H](c3ccc(Cl)cc3)N2C(=O)N2CCN(CC(=O)NCCCCCCCCOc3cc4nc(C)nc(N[C@H](C)c5cccc(Br)c5)c4cc3OC)C(=O)C2)c(OC(C)C)c1. The van der Waals surface area contributed by atoms with E-state index in [1.807, 2.05) is 75.4 Å². The van der Waals surface area contributed by atoms with Gasteiger partial charge in [-0.05, 0) is 112 Å². The van der Waals surface area contributed by atoms with Crippen LogP contribution in [0.1, 0.15) is 105 Å². The van der Waals surface area contributed by atoms with Gasteiger partial charge in [0.1, 0.15) is 41.6 Å². The van der Waals surface area contributed by atoms with Crippen LogP contribution < -0.4 is 29.6 Å². The Morgan fingerprint density at radius 2 is 1.50 bits per heavy atom. The van der Waals surface area contributed by atoms with Crippen molar-refractivity contribution >= 4 is 79.5 Å². The van der Waals surface area contributed by atoms with Crippen molar-refractivity contribution in [3.8, 4) is 23.0 Å². The predicted octanol–water partition coefficient (Wildman–Crippen LogP) is 12.3. The number of fused-ring (bicyclic) bond motifs is 1. The molecule has 2 aliphatic rings. The summed E-state index contributed by atoms with van der Waals surface area (Å²) in [5.41, 5.74) is 4.11. The van der Waals surface area contributed by atoms with Crippen LogP contribution in [0.5, 0.6) is 23.0 Å². The molecule has 0 aliphatic carbocycles. The van der Waals surface area contributed by atoms with Crippen molar-refractivity contribution in [1.82, 2.24) is 30.0 Å². The number of aryl methyl sites for hydroxylation is 1. The van der Waals surface area contributed by atoms with Crippen LogP contribution in [0, 0.1) is 6.92 Å². The molecule has 2 N–H and O–H groups in total. The molecule has 15 nitrogen and oxygen atoms in total. The molecule has 3 atom stereocenters. The van der Waals surface area contributed by atoms with Crippen molar-refractivity contribution in [3.63, 3.8) is 0 Å². The number of benzene rings is 5. The van der Waals surface area contributed by atoms with Crippen LogP contribution in [0.25, 0.3) is 10.9 Å². The van der Waals surface area contributed by atoms with Crippen molar-refractivity contribution in [2.75, 3.05) is 58.9 Å². The molecule has 0 spiro atoms. The number of amides is 4. The third kappa shape index (κ3) is 13.9. The third-order valence-corrected chi connectivity index (χ3v) is 14.4. The summed E-state index contributed by atoms with van der Waals surface area (Å²) >= 11 is 16.3. The number of amidine groups is 1. The molecule has 3 heterocycles. The molecule has 0 unspecified atom stereocenters. The minimum atomic E-state index is -0.634. The molecule has 0 saturated carbocycles. The number of rotatable bonds is 22. The normalized spacial score (nSPS) is 15.9. The number of hydrogen-bond acceptors (Lipinski definition) is 11. The molecular formula is C58H65BrCl2N8O7. The topological polar surface area (TPSA) is 160 Å². The standard InChI is InChI=1S/C58H65BrCl2N8O7/c1-36(2)76-49-31-45(73-5)24-25-46(49)57-66-54(39-16-20-43(60)21-17-39)55(40-18-22-44(61)23-19-40)69(57)58(72)68-28-27-67(53(71)35-68)34-52(70)62-26-11-9-7-8-10-12-29-75-51-33-48-47(32-50(51)74-6)56(65-38(4)64-48)63-37(3)41-14-13-15-42(59)30-41/h13-25,30-33,36-37,54-55H,7-12,26-29,34-35H2,1-6H3,(H,62,70)(H,63,64,65)/t37-,54+,55-/m1/s1. The van der Waals surface area contributed by atoms with E-state index < -0.39 is 18.1 Å². The number of aliphatic imine (C=N–C) groups is 1. The summed E-state index contributed by atoms with van der Waals surface area (Å²) in [5.74, 6) is 3.53. The van der Waals surface area contributed by atoms with E-state index in [9.17, 15) is 9.59 Å². The van der Waals surface area contributed by atoms with Crippen molar-refractivity contribution in [2.45, 2.75) is 90.4 Å². The quantitative estimate of drug-likeness (QED) is 0.0626. The number of aromatic nitrogens is 2. The fourth-order valence-electron chi connectivity index (χ4n) is 9.48. The number of nitrogens with one attached hydrogen (secondary N) is 2. The Morgan fingerprint density at radius 1 is 0.789 bits per heavy atom. The summed E-state index contributed by atoms with van der Waals surface area (Å²) in [6.07, 6.45) is 5.48. The fraction of sp³-hybridized carbons (Fsp3) is 0.379. The van der Waals surface area contributed by atoms with E-state index in [0.717, 1.165) is 76.4 Å². The average Bonchev–Trinajstić information content (AvgIpc) is 3.82. The second-order valence-electron chi connectivity index (χ2n) is 19.2. The van der Waals surface area contributed by atoms with Gasteiger partial charge in [-0.1, -0.05) is 101 Å².